The Balaban J connectivity index is 1.46. The van der Waals surface area contributed by atoms with E-state index in [9.17, 15) is 4.79 Å². The van der Waals surface area contributed by atoms with Crippen LogP contribution >= 0.6 is 11.6 Å². The highest BCUT2D eigenvalue weighted by molar-refractivity contribution is 6.30. The van der Waals surface area contributed by atoms with Crippen molar-refractivity contribution in [2.75, 3.05) is 13.1 Å². The van der Waals surface area contributed by atoms with E-state index < -0.39 is 0 Å². The van der Waals surface area contributed by atoms with Crippen molar-refractivity contribution in [3.8, 4) is 0 Å². The van der Waals surface area contributed by atoms with Crippen molar-refractivity contribution in [1.82, 2.24) is 14.9 Å². The molecule has 0 radical (unpaired) electrons. The minimum absolute atomic E-state index is 0.0199. The molecule has 2 aromatic heterocycles. The SMILES string of the molecule is Cc1cccnc1C(=O)N1CCC[C@@H](c2ncc(Cc3cccc(Cl)c3)o2)C1. The summed E-state index contributed by atoms with van der Waals surface area (Å²) >= 11 is 6.06. The average molecular weight is 396 g/mol. The average Bonchev–Trinajstić information content (AvgIpc) is 3.16. The largest absolute Gasteiger partial charge is 0.445 e. The first-order chi connectivity index (χ1) is 13.6. The minimum Gasteiger partial charge on any atom is -0.445 e. The third kappa shape index (κ3) is 4.09. The molecule has 28 heavy (non-hydrogen) atoms. The maximum Gasteiger partial charge on any atom is 0.272 e. The van der Waals surface area contributed by atoms with Gasteiger partial charge in [-0.1, -0.05) is 29.8 Å². The zero-order valence-electron chi connectivity index (χ0n) is 15.8. The van der Waals surface area contributed by atoms with E-state index in [0.717, 1.165) is 36.3 Å². The fourth-order valence-corrected chi connectivity index (χ4v) is 3.88. The molecule has 0 aliphatic carbocycles. The van der Waals surface area contributed by atoms with Gasteiger partial charge in [-0.2, -0.15) is 0 Å². The monoisotopic (exact) mass is 395 g/mol. The van der Waals surface area contributed by atoms with Crippen molar-refractivity contribution in [2.45, 2.75) is 32.1 Å². The van der Waals surface area contributed by atoms with Crippen LogP contribution in [0.4, 0.5) is 0 Å². The summed E-state index contributed by atoms with van der Waals surface area (Å²) in [7, 11) is 0. The van der Waals surface area contributed by atoms with Crippen LogP contribution in [0, 0.1) is 6.92 Å². The standard InChI is InChI=1S/C22H22ClN3O2/c1-15-5-3-9-24-20(15)22(27)26-10-4-7-17(14-26)21-25-13-19(28-21)12-16-6-2-8-18(23)11-16/h2-3,5-6,8-9,11,13,17H,4,7,10,12,14H2,1H3/t17-/m1/s1. The maximum absolute atomic E-state index is 12.9. The van der Waals surface area contributed by atoms with E-state index in [1.54, 1.807) is 12.4 Å². The fourth-order valence-electron chi connectivity index (χ4n) is 3.66. The lowest BCUT2D eigenvalue weighted by atomic mass is 9.97. The number of oxazole rings is 1. The number of pyridine rings is 1. The molecule has 144 valence electrons. The summed E-state index contributed by atoms with van der Waals surface area (Å²) in [5.74, 6) is 1.59. The Morgan fingerprint density at radius 1 is 1.29 bits per heavy atom. The van der Waals surface area contributed by atoms with E-state index >= 15 is 0 Å². The minimum atomic E-state index is -0.0199. The second-order valence-corrected chi connectivity index (χ2v) is 7.67. The summed E-state index contributed by atoms with van der Waals surface area (Å²) in [6, 6.07) is 11.5. The fraction of sp³-hybridized carbons (Fsp3) is 0.318. The quantitative estimate of drug-likeness (QED) is 0.645. The Morgan fingerprint density at radius 2 is 2.18 bits per heavy atom. The number of amides is 1. The number of aromatic nitrogens is 2. The molecular formula is C22H22ClN3O2. The van der Waals surface area contributed by atoms with Crippen molar-refractivity contribution >= 4 is 17.5 Å². The molecular weight excluding hydrogens is 374 g/mol. The van der Waals surface area contributed by atoms with Gasteiger partial charge in [-0.15, -0.1) is 0 Å². The van der Waals surface area contributed by atoms with Crippen molar-refractivity contribution < 1.29 is 9.21 Å². The Morgan fingerprint density at radius 3 is 3.00 bits per heavy atom. The van der Waals surface area contributed by atoms with Gasteiger partial charge in [-0.25, -0.2) is 4.98 Å². The molecule has 3 aromatic rings. The number of carbonyl (C=O) groups excluding carboxylic acids is 1. The second kappa shape index (κ2) is 8.15. The van der Waals surface area contributed by atoms with Crippen LogP contribution in [0.3, 0.4) is 0 Å². The van der Waals surface area contributed by atoms with Crippen molar-refractivity contribution in [3.05, 3.63) is 82.3 Å². The third-order valence-corrected chi connectivity index (χ3v) is 5.34. The lowest BCUT2D eigenvalue weighted by Gasteiger charge is -2.31. The van der Waals surface area contributed by atoms with Crippen LogP contribution < -0.4 is 0 Å². The Kier molecular flexibility index (Phi) is 5.44. The van der Waals surface area contributed by atoms with Gasteiger partial charge in [-0.3, -0.25) is 9.78 Å². The van der Waals surface area contributed by atoms with Crippen LogP contribution in [-0.4, -0.2) is 33.9 Å². The smallest absolute Gasteiger partial charge is 0.272 e. The van der Waals surface area contributed by atoms with Gasteiger partial charge in [0.2, 0.25) is 0 Å². The summed E-state index contributed by atoms with van der Waals surface area (Å²) in [6.45, 7) is 3.26. The zero-order chi connectivity index (χ0) is 19.5. The van der Waals surface area contributed by atoms with Crippen LogP contribution in [0.25, 0.3) is 0 Å². The lowest BCUT2D eigenvalue weighted by Crippen LogP contribution is -2.39. The Hall–Kier alpha value is -2.66. The third-order valence-electron chi connectivity index (χ3n) is 5.11. The van der Waals surface area contributed by atoms with E-state index in [1.807, 2.05) is 48.2 Å². The molecule has 1 aliphatic heterocycles. The summed E-state index contributed by atoms with van der Waals surface area (Å²) in [5.41, 5.74) is 2.51. The van der Waals surface area contributed by atoms with Gasteiger partial charge in [-0.05, 0) is 49.1 Å². The van der Waals surface area contributed by atoms with E-state index in [1.165, 1.54) is 0 Å². The number of hydrogen-bond donors (Lipinski definition) is 0. The molecule has 0 unspecified atom stereocenters. The van der Waals surface area contributed by atoms with Crippen molar-refractivity contribution in [1.29, 1.82) is 0 Å². The molecule has 0 N–H and O–H groups in total. The number of carbonyl (C=O) groups is 1. The van der Waals surface area contributed by atoms with E-state index in [4.69, 9.17) is 16.0 Å². The number of aryl methyl sites for hydroxylation is 1. The van der Waals surface area contributed by atoms with Gasteiger partial charge in [0.05, 0.1) is 12.1 Å². The molecule has 1 atom stereocenters. The van der Waals surface area contributed by atoms with Crippen LogP contribution in [0.1, 0.15) is 52.0 Å². The van der Waals surface area contributed by atoms with Crippen molar-refractivity contribution in [3.63, 3.8) is 0 Å². The van der Waals surface area contributed by atoms with Gasteiger partial charge in [0.1, 0.15) is 11.5 Å². The highest BCUT2D eigenvalue weighted by Crippen LogP contribution is 2.28. The van der Waals surface area contributed by atoms with Gasteiger partial charge < -0.3 is 9.32 Å². The normalized spacial score (nSPS) is 16.9. The zero-order valence-corrected chi connectivity index (χ0v) is 16.5. The topological polar surface area (TPSA) is 59.2 Å². The summed E-state index contributed by atoms with van der Waals surface area (Å²) < 4.78 is 6.02. The first-order valence-electron chi connectivity index (χ1n) is 9.50. The first kappa shape index (κ1) is 18.7. The van der Waals surface area contributed by atoms with Gasteiger partial charge in [0.15, 0.2) is 5.89 Å². The number of benzene rings is 1. The number of halogens is 1. The Bertz CT molecular complexity index is 985. The summed E-state index contributed by atoms with van der Waals surface area (Å²) in [6.07, 6.45) is 5.98. The van der Waals surface area contributed by atoms with Gasteiger partial charge in [0, 0.05) is 30.7 Å². The number of likely N-dealkylation sites (tertiary alicyclic amines) is 1. The summed E-state index contributed by atoms with van der Waals surface area (Å²) in [4.78, 5) is 23.5. The van der Waals surface area contributed by atoms with Crippen LogP contribution in [-0.2, 0) is 6.42 Å². The molecule has 4 rings (SSSR count). The molecule has 6 heteroatoms. The number of rotatable bonds is 4. The van der Waals surface area contributed by atoms with Gasteiger partial charge in [0.25, 0.3) is 5.91 Å². The number of piperidine rings is 1. The molecule has 1 aromatic carbocycles. The summed E-state index contributed by atoms with van der Waals surface area (Å²) in [5, 5.41) is 0.712. The van der Waals surface area contributed by atoms with Gasteiger partial charge >= 0.3 is 0 Å². The lowest BCUT2D eigenvalue weighted by molar-refractivity contribution is 0.0691. The highest BCUT2D eigenvalue weighted by atomic mass is 35.5. The van der Waals surface area contributed by atoms with E-state index in [2.05, 4.69) is 9.97 Å². The number of nitrogens with zero attached hydrogens (tertiary/aromatic N) is 3. The molecule has 1 aliphatic rings. The van der Waals surface area contributed by atoms with Crippen LogP contribution in [0.5, 0.6) is 0 Å². The Labute approximate surface area is 169 Å². The molecule has 1 fully saturated rings. The van der Waals surface area contributed by atoms with Crippen LogP contribution in [0.15, 0.2) is 53.2 Å². The molecule has 5 nitrogen and oxygen atoms in total. The first-order valence-corrected chi connectivity index (χ1v) is 9.88. The van der Waals surface area contributed by atoms with Crippen molar-refractivity contribution in [2.24, 2.45) is 0 Å². The predicted octanol–water partition coefficient (Wildman–Crippen LogP) is 4.64. The molecule has 3 heterocycles. The molecule has 0 spiro atoms. The van der Waals surface area contributed by atoms with Crippen LogP contribution in [0.2, 0.25) is 5.02 Å². The van der Waals surface area contributed by atoms with E-state index in [-0.39, 0.29) is 11.8 Å². The second-order valence-electron chi connectivity index (χ2n) is 7.23. The maximum atomic E-state index is 12.9. The molecule has 0 saturated carbocycles. The number of hydrogen-bond acceptors (Lipinski definition) is 4. The highest BCUT2D eigenvalue weighted by Gasteiger charge is 2.29. The molecule has 0 bridgehead atoms. The molecule has 1 saturated heterocycles. The van der Waals surface area contributed by atoms with E-state index in [0.29, 0.717) is 29.6 Å². The molecule has 1 amide bonds. The predicted molar refractivity (Wildman–Crippen MR) is 108 cm³/mol.